The second kappa shape index (κ2) is 5.21. The molecule has 0 radical (unpaired) electrons. The van der Waals surface area contributed by atoms with E-state index in [4.69, 9.17) is 5.11 Å². The van der Waals surface area contributed by atoms with Gasteiger partial charge in [0, 0.05) is 38.8 Å². The lowest BCUT2D eigenvalue weighted by molar-refractivity contribution is -0.125. The van der Waals surface area contributed by atoms with Crippen LogP contribution in [0.2, 0.25) is 0 Å². The van der Waals surface area contributed by atoms with Crippen molar-refractivity contribution in [2.24, 2.45) is 5.41 Å². The van der Waals surface area contributed by atoms with E-state index in [2.05, 4.69) is 0 Å². The number of ketones is 1. The second-order valence-corrected chi connectivity index (χ2v) is 4.97. The SMILES string of the molecule is CN(C)/C=C/C(=O)C1(C)CCN(C(=O)O)CC1. The molecule has 5 nitrogen and oxygen atoms in total. The molecule has 96 valence electrons. The van der Waals surface area contributed by atoms with E-state index in [1.807, 2.05) is 25.9 Å². The van der Waals surface area contributed by atoms with Crippen LogP contribution in [0.1, 0.15) is 19.8 Å². The molecule has 1 N–H and O–H groups in total. The molecule has 1 saturated heterocycles. The lowest BCUT2D eigenvalue weighted by Gasteiger charge is -2.36. The molecule has 0 aromatic heterocycles. The molecule has 0 saturated carbocycles. The van der Waals surface area contributed by atoms with Crippen molar-refractivity contribution in [3.63, 3.8) is 0 Å². The Morgan fingerprint density at radius 2 is 1.82 bits per heavy atom. The van der Waals surface area contributed by atoms with Crippen LogP contribution in [0.4, 0.5) is 4.79 Å². The van der Waals surface area contributed by atoms with E-state index in [0.717, 1.165) is 0 Å². The van der Waals surface area contributed by atoms with E-state index >= 15 is 0 Å². The molecule has 0 bridgehead atoms. The molecule has 1 amide bonds. The van der Waals surface area contributed by atoms with Gasteiger partial charge in [-0.25, -0.2) is 4.79 Å². The largest absolute Gasteiger partial charge is 0.465 e. The molecule has 0 atom stereocenters. The zero-order valence-electron chi connectivity index (χ0n) is 10.6. The summed E-state index contributed by atoms with van der Waals surface area (Å²) in [6, 6.07) is 0. The lowest BCUT2D eigenvalue weighted by atomic mass is 9.76. The van der Waals surface area contributed by atoms with Crippen LogP contribution in [-0.2, 0) is 4.79 Å². The molecule has 0 unspecified atom stereocenters. The number of allylic oxidation sites excluding steroid dienone is 1. The van der Waals surface area contributed by atoms with Crippen LogP contribution in [0.25, 0.3) is 0 Å². The van der Waals surface area contributed by atoms with Gasteiger partial charge in [0.05, 0.1) is 0 Å². The number of likely N-dealkylation sites (tertiary alicyclic amines) is 1. The molecule has 5 heteroatoms. The molecule has 1 rings (SSSR count). The summed E-state index contributed by atoms with van der Waals surface area (Å²) in [7, 11) is 3.72. The quantitative estimate of drug-likeness (QED) is 0.758. The highest BCUT2D eigenvalue weighted by Crippen LogP contribution is 2.32. The summed E-state index contributed by atoms with van der Waals surface area (Å²) in [4.78, 5) is 26.0. The third kappa shape index (κ3) is 3.47. The van der Waals surface area contributed by atoms with Gasteiger partial charge in [-0.3, -0.25) is 4.79 Å². The third-order valence-electron chi connectivity index (χ3n) is 3.26. The Kier molecular flexibility index (Phi) is 4.15. The Hall–Kier alpha value is -1.52. The van der Waals surface area contributed by atoms with Gasteiger partial charge in [0.15, 0.2) is 5.78 Å². The van der Waals surface area contributed by atoms with Crippen molar-refractivity contribution >= 4 is 11.9 Å². The average Bonchev–Trinajstić information content (AvgIpc) is 2.26. The molecular weight excluding hydrogens is 220 g/mol. The fourth-order valence-corrected chi connectivity index (χ4v) is 1.86. The summed E-state index contributed by atoms with van der Waals surface area (Å²) in [5.74, 6) is 0.0799. The Balaban J connectivity index is 2.60. The summed E-state index contributed by atoms with van der Waals surface area (Å²) >= 11 is 0. The van der Waals surface area contributed by atoms with E-state index in [1.54, 1.807) is 12.3 Å². The van der Waals surface area contributed by atoms with Crippen LogP contribution in [0.15, 0.2) is 12.3 Å². The molecule has 1 heterocycles. The number of carboxylic acid groups (broad SMARTS) is 1. The van der Waals surface area contributed by atoms with Crippen molar-refractivity contribution in [1.82, 2.24) is 9.80 Å². The van der Waals surface area contributed by atoms with E-state index in [1.165, 1.54) is 4.90 Å². The minimum Gasteiger partial charge on any atom is -0.465 e. The van der Waals surface area contributed by atoms with Crippen molar-refractivity contribution in [3.8, 4) is 0 Å². The standard InChI is InChI=1S/C12H20N2O3/c1-12(10(15)4-7-13(2)3)5-8-14(9-6-12)11(16)17/h4,7H,5-6,8-9H2,1-3H3,(H,16,17)/b7-4+. The number of hydrogen-bond acceptors (Lipinski definition) is 3. The van der Waals surface area contributed by atoms with Gasteiger partial charge in [-0.15, -0.1) is 0 Å². The highest BCUT2D eigenvalue weighted by Gasteiger charge is 2.36. The highest BCUT2D eigenvalue weighted by molar-refractivity contribution is 5.94. The first-order chi connectivity index (χ1) is 7.85. The molecule has 0 aliphatic carbocycles. The zero-order valence-corrected chi connectivity index (χ0v) is 10.6. The van der Waals surface area contributed by atoms with Gasteiger partial charge in [0.25, 0.3) is 0 Å². The highest BCUT2D eigenvalue weighted by atomic mass is 16.4. The van der Waals surface area contributed by atoms with Crippen LogP contribution in [-0.4, -0.2) is 54.0 Å². The van der Waals surface area contributed by atoms with Crippen LogP contribution < -0.4 is 0 Å². The smallest absolute Gasteiger partial charge is 0.407 e. The molecule has 0 aromatic rings. The van der Waals surface area contributed by atoms with E-state index < -0.39 is 11.5 Å². The van der Waals surface area contributed by atoms with E-state index in [0.29, 0.717) is 25.9 Å². The van der Waals surface area contributed by atoms with Gasteiger partial charge in [0.2, 0.25) is 0 Å². The first kappa shape index (κ1) is 13.5. The van der Waals surface area contributed by atoms with Gasteiger partial charge in [-0.2, -0.15) is 0 Å². The molecule has 0 spiro atoms. The number of carbonyl (C=O) groups excluding carboxylic acids is 1. The minimum absolute atomic E-state index is 0.0799. The Morgan fingerprint density at radius 1 is 1.29 bits per heavy atom. The van der Waals surface area contributed by atoms with Crippen LogP contribution >= 0.6 is 0 Å². The third-order valence-corrected chi connectivity index (χ3v) is 3.26. The molecule has 1 aliphatic heterocycles. The maximum atomic E-state index is 12.0. The van der Waals surface area contributed by atoms with Crippen molar-refractivity contribution in [1.29, 1.82) is 0 Å². The van der Waals surface area contributed by atoms with Crippen molar-refractivity contribution < 1.29 is 14.7 Å². The molecule has 17 heavy (non-hydrogen) atoms. The molecular formula is C12H20N2O3. The molecule has 1 fully saturated rings. The van der Waals surface area contributed by atoms with Gasteiger partial charge >= 0.3 is 6.09 Å². The number of carbonyl (C=O) groups is 2. The monoisotopic (exact) mass is 240 g/mol. The van der Waals surface area contributed by atoms with Crippen molar-refractivity contribution in [2.75, 3.05) is 27.2 Å². The number of nitrogens with zero attached hydrogens (tertiary/aromatic N) is 2. The van der Waals surface area contributed by atoms with Crippen LogP contribution in [0.3, 0.4) is 0 Å². The van der Waals surface area contributed by atoms with E-state index in [-0.39, 0.29) is 5.78 Å². The fourth-order valence-electron chi connectivity index (χ4n) is 1.86. The summed E-state index contributed by atoms with van der Waals surface area (Å²) < 4.78 is 0. The maximum absolute atomic E-state index is 12.0. The van der Waals surface area contributed by atoms with Crippen LogP contribution in [0.5, 0.6) is 0 Å². The molecule has 0 aromatic carbocycles. The number of amides is 1. The van der Waals surface area contributed by atoms with Gasteiger partial charge in [-0.05, 0) is 18.9 Å². The second-order valence-electron chi connectivity index (χ2n) is 4.97. The Labute approximate surface area is 102 Å². The summed E-state index contributed by atoms with van der Waals surface area (Å²) in [5, 5.41) is 8.84. The normalized spacial score (nSPS) is 19.4. The topological polar surface area (TPSA) is 60.9 Å². The molecule has 1 aliphatic rings. The number of rotatable bonds is 3. The van der Waals surface area contributed by atoms with Gasteiger partial charge < -0.3 is 14.9 Å². The Bertz CT molecular complexity index is 329. The predicted octanol–water partition coefficient (Wildman–Crippen LogP) is 1.41. The zero-order chi connectivity index (χ0) is 13.1. The first-order valence-electron chi connectivity index (χ1n) is 5.72. The lowest BCUT2D eigenvalue weighted by Crippen LogP contribution is -2.44. The number of piperidine rings is 1. The van der Waals surface area contributed by atoms with Crippen LogP contribution in [0, 0.1) is 5.41 Å². The van der Waals surface area contributed by atoms with Crippen molar-refractivity contribution in [3.05, 3.63) is 12.3 Å². The summed E-state index contributed by atoms with van der Waals surface area (Å²) in [5.41, 5.74) is -0.418. The first-order valence-corrected chi connectivity index (χ1v) is 5.72. The predicted molar refractivity (Wildman–Crippen MR) is 64.8 cm³/mol. The minimum atomic E-state index is -0.900. The fraction of sp³-hybridized carbons (Fsp3) is 0.667. The summed E-state index contributed by atoms with van der Waals surface area (Å²) in [6.07, 6.45) is 3.60. The van der Waals surface area contributed by atoms with Gasteiger partial charge in [0.1, 0.15) is 0 Å². The maximum Gasteiger partial charge on any atom is 0.407 e. The van der Waals surface area contributed by atoms with Crippen molar-refractivity contribution in [2.45, 2.75) is 19.8 Å². The van der Waals surface area contributed by atoms with E-state index in [9.17, 15) is 9.59 Å². The van der Waals surface area contributed by atoms with Gasteiger partial charge in [-0.1, -0.05) is 6.92 Å². The average molecular weight is 240 g/mol. The Morgan fingerprint density at radius 3 is 2.24 bits per heavy atom. The summed E-state index contributed by atoms with van der Waals surface area (Å²) in [6.45, 7) is 2.79. The number of hydrogen-bond donors (Lipinski definition) is 1.